The van der Waals surface area contributed by atoms with E-state index < -0.39 is 12.1 Å². The van der Waals surface area contributed by atoms with Gasteiger partial charge >= 0.3 is 5.97 Å². The van der Waals surface area contributed by atoms with Crippen LogP contribution in [0, 0.1) is 0 Å². The van der Waals surface area contributed by atoms with Gasteiger partial charge in [-0.15, -0.1) is 0 Å². The Morgan fingerprint density at radius 2 is 0.864 bits per heavy atom. The van der Waals surface area contributed by atoms with E-state index in [1.54, 1.807) is 6.08 Å². The summed E-state index contributed by atoms with van der Waals surface area (Å²) in [4.78, 5) is 24.4. The number of esters is 1. The van der Waals surface area contributed by atoms with Crippen molar-refractivity contribution >= 4 is 11.9 Å². The van der Waals surface area contributed by atoms with Crippen LogP contribution >= 0.6 is 0 Å². The maximum absolute atomic E-state index is 12.4. The minimum absolute atomic E-state index is 0.0538. The zero-order valence-electron chi connectivity index (χ0n) is 39.0. The summed E-state index contributed by atoms with van der Waals surface area (Å²) in [6, 6.07) is -0.655. The smallest absolute Gasteiger partial charge is 0.305 e. The Kier molecular flexibility index (Phi) is 46.7. The molecule has 2 atom stereocenters. The first-order valence-corrected chi connectivity index (χ1v) is 25.4. The molecule has 0 aliphatic rings. The number of rotatable bonds is 46. The van der Waals surface area contributed by atoms with Crippen LogP contribution in [0.25, 0.3) is 0 Å². The normalized spacial score (nSPS) is 13.1. The summed E-state index contributed by atoms with van der Waals surface area (Å²) < 4.78 is 5.42. The van der Waals surface area contributed by atoms with E-state index in [9.17, 15) is 19.8 Å². The fourth-order valence-corrected chi connectivity index (χ4v) is 7.35. The molecule has 0 aliphatic carbocycles. The van der Waals surface area contributed by atoms with E-state index in [1.807, 2.05) is 6.08 Å². The van der Waals surface area contributed by atoms with Gasteiger partial charge in [0.25, 0.3) is 0 Å². The molecule has 3 N–H and O–H groups in total. The minimum atomic E-state index is -0.868. The second-order valence-electron chi connectivity index (χ2n) is 17.1. The van der Waals surface area contributed by atoms with E-state index in [-0.39, 0.29) is 18.5 Å². The van der Waals surface area contributed by atoms with Gasteiger partial charge in [-0.3, -0.25) is 9.59 Å². The topological polar surface area (TPSA) is 95.9 Å². The lowest BCUT2D eigenvalue weighted by atomic mass is 10.0. The first kappa shape index (κ1) is 56.8. The molecule has 6 nitrogen and oxygen atoms in total. The number of ether oxygens (including phenoxy) is 1. The van der Waals surface area contributed by atoms with Crippen LogP contribution in [0.15, 0.2) is 48.6 Å². The van der Waals surface area contributed by atoms with E-state index in [4.69, 9.17) is 4.74 Å². The van der Waals surface area contributed by atoms with Crippen molar-refractivity contribution in [2.75, 3.05) is 13.2 Å². The SMILES string of the molecule is CCCC/C=C\C/C=C\CCCCCCCC(=O)OCCCC/C=C\CCCCCCC(=O)NC(CO)C(O)/C=C/CCCCCCCCCCCCCCCCCC. The van der Waals surface area contributed by atoms with Crippen LogP contribution in [0.3, 0.4) is 0 Å². The molecule has 0 saturated carbocycles. The van der Waals surface area contributed by atoms with Crippen molar-refractivity contribution in [3.63, 3.8) is 0 Å². The maximum Gasteiger partial charge on any atom is 0.305 e. The summed E-state index contributed by atoms with van der Waals surface area (Å²) in [6.07, 6.45) is 59.7. The van der Waals surface area contributed by atoms with Crippen LogP contribution < -0.4 is 5.32 Å². The molecule has 59 heavy (non-hydrogen) atoms. The van der Waals surface area contributed by atoms with Crippen LogP contribution in [0.5, 0.6) is 0 Å². The van der Waals surface area contributed by atoms with Gasteiger partial charge in [-0.2, -0.15) is 0 Å². The molecule has 0 saturated heterocycles. The first-order chi connectivity index (χ1) is 29.0. The Balaban J connectivity index is 3.59. The number of unbranched alkanes of at least 4 members (excludes halogenated alkanes) is 29. The molecule has 0 aromatic rings. The standard InChI is InChI=1S/C53H97NO5/c1-3-5-7-9-11-13-15-17-19-20-21-22-23-25-29-33-37-41-45-51(56)50(49-55)54-52(57)46-42-38-34-30-27-28-32-36-40-44-48-59-53(58)47-43-39-35-31-26-24-18-16-14-12-10-8-6-4-2/h10,12,16,18,28,32,41,45,50-51,55-56H,3-9,11,13-15,17,19-27,29-31,33-40,42-44,46-49H2,1-2H3,(H,54,57)/b12-10-,18-16-,32-28-,45-41+. The van der Waals surface area contributed by atoms with E-state index in [0.717, 1.165) is 89.9 Å². The van der Waals surface area contributed by atoms with Gasteiger partial charge in [-0.05, 0) is 83.5 Å². The third kappa shape index (κ3) is 45.2. The Morgan fingerprint density at radius 3 is 1.36 bits per heavy atom. The van der Waals surface area contributed by atoms with Crippen molar-refractivity contribution in [2.45, 2.75) is 264 Å². The lowest BCUT2D eigenvalue weighted by Gasteiger charge is -2.20. The highest BCUT2D eigenvalue weighted by Gasteiger charge is 2.18. The molecule has 0 heterocycles. The van der Waals surface area contributed by atoms with Gasteiger partial charge in [0.15, 0.2) is 0 Å². The van der Waals surface area contributed by atoms with Gasteiger partial charge in [0.05, 0.1) is 25.4 Å². The zero-order chi connectivity index (χ0) is 43.0. The molecule has 1 amide bonds. The van der Waals surface area contributed by atoms with E-state index in [0.29, 0.717) is 19.4 Å². The quantitative estimate of drug-likeness (QED) is 0.0323. The Labute approximate surface area is 366 Å². The van der Waals surface area contributed by atoms with Gasteiger partial charge in [-0.1, -0.05) is 204 Å². The number of carbonyl (C=O) groups is 2. The second-order valence-corrected chi connectivity index (χ2v) is 17.1. The molecular formula is C53H97NO5. The first-order valence-electron chi connectivity index (χ1n) is 25.4. The lowest BCUT2D eigenvalue weighted by molar-refractivity contribution is -0.143. The van der Waals surface area contributed by atoms with Gasteiger partial charge in [0, 0.05) is 12.8 Å². The predicted octanol–water partition coefficient (Wildman–Crippen LogP) is 15.1. The van der Waals surface area contributed by atoms with Crippen LogP contribution in [0.4, 0.5) is 0 Å². The summed E-state index contributed by atoms with van der Waals surface area (Å²) in [5.74, 6) is -0.159. The van der Waals surface area contributed by atoms with Gasteiger partial charge in [-0.25, -0.2) is 0 Å². The number of carbonyl (C=O) groups excluding carboxylic acids is 2. The maximum atomic E-state index is 12.4. The predicted molar refractivity (Wildman–Crippen MR) is 255 cm³/mol. The number of hydrogen-bond acceptors (Lipinski definition) is 5. The minimum Gasteiger partial charge on any atom is -0.466 e. The molecule has 0 fully saturated rings. The highest BCUT2D eigenvalue weighted by atomic mass is 16.5. The molecule has 344 valence electrons. The van der Waals surface area contributed by atoms with Crippen molar-refractivity contribution in [1.29, 1.82) is 0 Å². The molecule has 0 radical (unpaired) electrons. The molecule has 0 aliphatic heterocycles. The Morgan fingerprint density at radius 1 is 0.475 bits per heavy atom. The summed E-state index contributed by atoms with van der Waals surface area (Å²) in [5, 5.41) is 23.1. The fraction of sp³-hybridized carbons (Fsp3) is 0.811. The van der Waals surface area contributed by atoms with Crippen LogP contribution in [0.1, 0.15) is 251 Å². The van der Waals surface area contributed by atoms with Gasteiger partial charge < -0.3 is 20.3 Å². The van der Waals surface area contributed by atoms with Crippen molar-refractivity contribution < 1.29 is 24.5 Å². The molecule has 0 aromatic heterocycles. The van der Waals surface area contributed by atoms with E-state index >= 15 is 0 Å². The summed E-state index contributed by atoms with van der Waals surface area (Å²) in [6.45, 7) is 4.76. The third-order valence-corrected chi connectivity index (χ3v) is 11.3. The number of amides is 1. The molecular weight excluding hydrogens is 731 g/mol. The molecule has 0 rings (SSSR count). The fourth-order valence-electron chi connectivity index (χ4n) is 7.35. The number of aliphatic hydroxyl groups is 2. The molecule has 6 heteroatoms. The van der Waals surface area contributed by atoms with Crippen LogP contribution in [-0.2, 0) is 14.3 Å². The number of nitrogens with one attached hydrogen (secondary N) is 1. The molecule has 0 bridgehead atoms. The van der Waals surface area contributed by atoms with Gasteiger partial charge in [0.1, 0.15) is 0 Å². The zero-order valence-corrected chi connectivity index (χ0v) is 39.0. The molecule has 0 spiro atoms. The average Bonchev–Trinajstić information content (AvgIpc) is 3.24. The number of aliphatic hydroxyl groups excluding tert-OH is 2. The van der Waals surface area contributed by atoms with Crippen molar-refractivity contribution in [2.24, 2.45) is 0 Å². The summed E-state index contributed by atoms with van der Waals surface area (Å²) in [5.41, 5.74) is 0. The van der Waals surface area contributed by atoms with Gasteiger partial charge in [0.2, 0.25) is 5.91 Å². The third-order valence-electron chi connectivity index (χ3n) is 11.3. The average molecular weight is 828 g/mol. The molecule has 2 unspecified atom stereocenters. The van der Waals surface area contributed by atoms with Crippen LogP contribution in [-0.4, -0.2) is 47.4 Å². The summed E-state index contributed by atoms with van der Waals surface area (Å²) >= 11 is 0. The highest BCUT2D eigenvalue weighted by molar-refractivity contribution is 5.76. The number of hydrogen-bond donors (Lipinski definition) is 3. The lowest BCUT2D eigenvalue weighted by Crippen LogP contribution is -2.45. The largest absolute Gasteiger partial charge is 0.466 e. The molecule has 0 aromatic carbocycles. The monoisotopic (exact) mass is 828 g/mol. The number of allylic oxidation sites excluding steroid dienone is 7. The van der Waals surface area contributed by atoms with Crippen LogP contribution in [0.2, 0.25) is 0 Å². The van der Waals surface area contributed by atoms with Crippen molar-refractivity contribution in [3.05, 3.63) is 48.6 Å². The Hall–Kier alpha value is -2.18. The summed E-state index contributed by atoms with van der Waals surface area (Å²) in [7, 11) is 0. The Bertz CT molecular complexity index is 1000. The van der Waals surface area contributed by atoms with E-state index in [2.05, 4.69) is 55.6 Å². The van der Waals surface area contributed by atoms with Crippen molar-refractivity contribution in [3.8, 4) is 0 Å². The van der Waals surface area contributed by atoms with Crippen molar-refractivity contribution in [1.82, 2.24) is 5.32 Å². The van der Waals surface area contributed by atoms with E-state index in [1.165, 1.54) is 135 Å². The highest BCUT2D eigenvalue weighted by Crippen LogP contribution is 2.15. The second kappa shape index (κ2) is 48.5.